The van der Waals surface area contributed by atoms with E-state index < -0.39 is 5.97 Å². The number of nitrogens with zero attached hydrogens (tertiary/aromatic N) is 1. The lowest BCUT2D eigenvalue weighted by Gasteiger charge is -2.41. The summed E-state index contributed by atoms with van der Waals surface area (Å²) in [7, 11) is 0. The lowest BCUT2D eigenvalue weighted by Crippen LogP contribution is -2.35. The van der Waals surface area contributed by atoms with Gasteiger partial charge < -0.3 is 15.7 Å². The molecule has 3 aromatic rings. The van der Waals surface area contributed by atoms with Crippen molar-refractivity contribution in [3.8, 4) is 0 Å². The molecule has 1 atom stereocenters. The molecule has 2 aromatic carbocycles. The lowest BCUT2D eigenvalue weighted by atomic mass is 9.72. The molecule has 0 aliphatic carbocycles. The number of aromatic nitrogens is 1. The SMILES string of the molecule is CC1(C)Cc2cc(C(=O)O)ccc2NC1c1ccc(F)c(NCc2ccccn2)c1. The molecule has 1 unspecified atom stereocenters. The predicted octanol–water partition coefficient (Wildman–Crippen LogP) is 5.27. The van der Waals surface area contributed by atoms with Crippen LogP contribution in [0, 0.1) is 11.2 Å². The van der Waals surface area contributed by atoms with Crippen molar-refractivity contribution in [3.05, 3.63) is 89.0 Å². The average Bonchev–Trinajstić information content (AvgIpc) is 2.72. The second kappa shape index (κ2) is 7.78. The van der Waals surface area contributed by atoms with Crippen LogP contribution in [0.25, 0.3) is 0 Å². The minimum atomic E-state index is -0.931. The Hall–Kier alpha value is -3.41. The average molecular weight is 405 g/mol. The van der Waals surface area contributed by atoms with Crippen LogP contribution in [0.3, 0.4) is 0 Å². The molecule has 154 valence electrons. The van der Waals surface area contributed by atoms with Crippen molar-refractivity contribution in [2.45, 2.75) is 32.9 Å². The van der Waals surface area contributed by atoms with Gasteiger partial charge in [-0.1, -0.05) is 26.0 Å². The van der Waals surface area contributed by atoms with E-state index in [9.17, 15) is 14.3 Å². The molecular formula is C24H24FN3O2. The van der Waals surface area contributed by atoms with Crippen LogP contribution in [-0.2, 0) is 13.0 Å². The first kappa shape index (κ1) is 19.9. The number of hydrogen-bond donors (Lipinski definition) is 3. The smallest absolute Gasteiger partial charge is 0.335 e. The standard InChI is InChI=1S/C24H24FN3O2/c1-24(2)13-17-11-16(23(29)30)7-9-20(17)28-22(24)15-6-8-19(25)21(12-15)27-14-18-5-3-4-10-26-18/h3-12,22,27-28H,13-14H2,1-2H3,(H,29,30). The van der Waals surface area contributed by atoms with Gasteiger partial charge in [0.1, 0.15) is 5.82 Å². The van der Waals surface area contributed by atoms with Gasteiger partial charge in [-0.3, -0.25) is 4.98 Å². The Bertz CT molecular complexity index is 1080. The monoisotopic (exact) mass is 405 g/mol. The highest BCUT2D eigenvalue weighted by Crippen LogP contribution is 2.45. The Labute approximate surface area is 175 Å². The third kappa shape index (κ3) is 3.99. The Morgan fingerprint density at radius 1 is 1.23 bits per heavy atom. The van der Waals surface area contributed by atoms with Crippen LogP contribution in [-0.4, -0.2) is 16.1 Å². The normalized spacial score (nSPS) is 17.0. The quantitative estimate of drug-likeness (QED) is 0.539. The van der Waals surface area contributed by atoms with Gasteiger partial charge in [-0.15, -0.1) is 0 Å². The summed E-state index contributed by atoms with van der Waals surface area (Å²) in [6.07, 6.45) is 2.43. The van der Waals surface area contributed by atoms with Crippen LogP contribution in [0.5, 0.6) is 0 Å². The number of carboxylic acids is 1. The fourth-order valence-corrected chi connectivity index (χ4v) is 4.04. The molecule has 6 heteroatoms. The summed E-state index contributed by atoms with van der Waals surface area (Å²) in [5, 5.41) is 15.9. The highest BCUT2D eigenvalue weighted by atomic mass is 19.1. The highest BCUT2D eigenvalue weighted by molar-refractivity contribution is 5.88. The molecule has 4 rings (SSSR count). The number of carboxylic acid groups (broad SMARTS) is 1. The predicted molar refractivity (Wildman–Crippen MR) is 115 cm³/mol. The van der Waals surface area contributed by atoms with E-state index in [1.165, 1.54) is 6.07 Å². The molecule has 30 heavy (non-hydrogen) atoms. The molecule has 5 nitrogen and oxygen atoms in total. The summed E-state index contributed by atoms with van der Waals surface area (Å²) in [5.74, 6) is -1.24. The van der Waals surface area contributed by atoms with Crippen LogP contribution < -0.4 is 10.6 Å². The van der Waals surface area contributed by atoms with Crippen LogP contribution in [0.2, 0.25) is 0 Å². The zero-order valence-corrected chi connectivity index (χ0v) is 16.9. The van der Waals surface area contributed by atoms with E-state index in [-0.39, 0.29) is 22.8 Å². The Balaban J connectivity index is 1.60. The van der Waals surface area contributed by atoms with Gasteiger partial charge >= 0.3 is 5.97 Å². The maximum absolute atomic E-state index is 14.4. The summed E-state index contributed by atoms with van der Waals surface area (Å²) in [6, 6.07) is 15.9. The van der Waals surface area contributed by atoms with Crippen LogP contribution in [0.15, 0.2) is 60.8 Å². The first-order chi connectivity index (χ1) is 14.3. The molecule has 0 fully saturated rings. The summed E-state index contributed by atoms with van der Waals surface area (Å²) in [4.78, 5) is 15.6. The lowest BCUT2D eigenvalue weighted by molar-refractivity contribution is 0.0696. The zero-order valence-electron chi connectivity index (χ0n) is 16.9. The van der Waals surface area contributed by atoms with E-state index >= 15 is 0 Å². The number of fused-ring (bicyclic) bond motifs is 1. The van der Waals surface area contributed by atoms with Crippen molar-refractivity contribution in [3.63, 3.8) is 0 Å². The molecular weight excluding hydrogens is 381 g/mol. The maximum Gasteiger partial charge on any atom is 0.335 e. The fraction of sp³-hybridized carbons (Fsp3) is 0.250. The minimum Gasteiger partial charge on any atom is -0.478 e. The molecule has 0 spiro atoms. The van der Waals surface area contributed by atoms with E-state index in [0.717, 1.165) is 28.9 Å². The van der Waals surface area contributed by atoms with E-state index in [1.54, 1.807) is 24.4 Å². The van der Waals surface area contributed by atoms with E-state index in [0.29, 0.717) is 12.2 Å². The third-order valence-electron chi connectivity index (χ3n) is 5.59. The molecule has 0 bridgehead atoms. The topological polar surface area (TPSA) is 74.2 Å². The van der Waals surface area contributed by atoms with Gasteiger partial charge in [0.2, 0.25) is 0 Å². The Morgan fingerprint density at radius 2 is 2.07 bits per heavy atom. The van der Waals surface area contributed by atoms with E-state index in [2.05, 4.69) is 29.5 Å². The number of anilines is 2. The maximum atomic E-state index is 14.4. The summed E-state index contributed by atoms with van der Waals surface area (Å²) in [5.41, 5.74) is 4.22. The van der Waals surface area contributed by atoms with Crippen LogP contribution in [0.4, 0.5) is 15.8 Å². The second-order valence-electron chi connectivity index (χ2n) is 8.33. The number of rotatable bonds is 5. The third-order valence-corrected chi connectivity index (χ3v) is 5.59. The number of halogens is 1. The molecule has 0 radical (unpaired) electrons. The molecule has 0 saturated carbocycles. The first-order valence-corrected chi connectivity index (χ1v) is 9.89. The molecule has 0 saturated heterocycles. The van der Waals surface area contributed by atoms with Gasteiger partial charge in [0.05, 0.1) is 29.5 Å². The minimum absolute atomic E-state index is 0.0447. The van der Waals surface area contributed by atoms with Gasteiger partial charge in [-0.2, -0.15) is 0 Å². The first-order valence-electron chi connectivity index (χ1n) is 9.89. The Kier molecular flexibility index (Phi) is 5.16. The summed E-state index contributed by atoms with van der Waals surface area (Å²) >= 11 is 0. The van der Waals surface area contributed by atoms with Gasteiger partial charge in [-0.05, 0) is 65.4 Å². The largest absolute Gasteiger partial charge is 0.478 e. The van der Waals surface area contributed by atoms with E-state index in [1.807, 2.05) is 30.3 Å². The van der Waals surface area contributed by atoms with Crippen LogP contribution >= 0.6 is 0 Å². The van der Waals surface area contributed by atoms with Gasteiger partial charge in [0.15, 0.2) is 0 Å². The van der Waals surface area contributed by atoms with Crippen molar-refractivity contribution in [2.24, 2.45) is 5.41 Å². The number of nitrogens with one attached hydrogen (secondary N) is 2. The van der Waals surface area contributed by atoms with Crippen molar-refractivity contribution in [1.82, 2.24) is 4.98 Å². The number of benzene rings is 2. The zero-order chi connectivity index (χ0) is 21.3. The molecule has 1 aromatic heterocycles. The highest BCUT2D eigenvalue weighted by Gasteiger charge is 2.36. The molecule has 1 aliphatic heterocycles. The summed E-state index contributed by atoms with van der Waals surface area (Å²) in [6.45, 7) is 4.69. The Morgan fingerprint density at radius 3 is 2.80 bits per heavy atom. The van der Waals surface area contributed by atoms with Crippen molar-refractivity contribution in [1.29, 1.82) is 0 Å². The number of hydrogen-bond acceptors (Lipinski definition) is 4. The summed E-state index contributed by atoms with van der Waals surface area (Å²) < 4.78 is 14.4. The number of carbonyl (C=O) groups is 1. The van der Waals surface area contributed by atoms with E-state index in [4.69, 9.17) is 0 Å². The number of aromatic carboxylic acids is 1. The number of pyridine rings is 1. The molecule has 2 heterocycles. The van der Waals surface area contributed by atoms with Crippen LogP contribution in [0.1, 0.15) is 47.1 Å². The van der Waals surface area contributed by atoms with Crippen molar-refractivity contribution >= 4 is 17.3 Å². The second-order valence-corrected chi connectivity index (χ2v) is 8.33. The van der Waals surface area contributed by atoms with Crippen molar-refractivity contribution in [2.75, 3.05) is 10.6 Å². The molecule has 3 N–H and O–H groups in total. The molecule has 0 amide bonds. The molecule has 1 aliphatic rings. The van der Waals surface area contributed by atoms with Crippen molar-refractivity contribution < 1.29 is 14.3 Å². The fourth-order valence-electron chi connectivity index (χ4n) is 4.04. The van der Waals surface area contributed by atoms with Gasteiger partial charge in [0.25, 0.3) is 0 Å². The van der Waals surface area contributed by atoms with Gasteiger partial charge in [0, 0.05) is 11.9 Å². The van der Waals surface area contributed by atoms with Gasteiger partial charge in [-0.25, -0.2) is 9.18 Å².